The molecule has 0 saturated carbocycles. The van der Waals surface area contributed by atoms with Crippen molar-refractivity contribution in [3.05, 3.63) is 44.7 Å². The van der Waals surface area contributed by atoms with Gasteiger partial charge < -0.3 is 20.3 Å². The minimum Gasteiger partial charge on any atom is -0.478 e. The minimum absolute atomic E-state index is 0.0344. The van der Waals surface area contributed by atoms with Gasteiger partial charge in [-0.05, 0) is 28.1 Å². The Labute approximate surface area is 136 Å². The highest BCUT2D eigenvalue weighted by Crippen LogP contribution is 2.30. The van der Waals surface area contributed by atoms with Gasteiger partial charge in [0.2, 0.25) is 0 Å². The molecule has 0 radical (unpaired) electrons. The molecule has 9 heteroatoms. The minimum atomic E-state index is -1.15. The van der Waals surface area contributed by atoms with E-state index in [1.165, 1.54) is 12.3 Å². The number of nitrogens with zero attached hydrogens (tertiary/aromatic N) is 1. The summed E-state index contributed by atoms with van der Waals surface area (Å²) in [7, 11) is 0. The van der Waals surface area contributed by atoms with Crippen LogP contribution in [0.3, 0.4) is 0 Å². The van der Waals surface area contributed by atoms with E-state index in [1.54, 1.807) is 12.1 Å². The molecule has 0 bridgehead atoms. The van der Waals surface area contributed by atoms with Crippen LogP contribution in [0.2, 0.25) is 0 Å². The third-order valence-corrected chi connectivity index (χ3v) is 3.53. The van der Waals surface area contributed by atoms with Gasteiger partial charge in [-0.3, -0.25) is 0 Å². The average Bonchev–Trinajstić information content (AvgIpc) is 2.92. The molecule has 1 heterocycles. The number of carbonyl (C=O) groups excluding carboxylic acids is 1. The zero-order valence-corrected chi connectivity index (χ0v) is 13.6. The van der Waals surface area contributed by atoms with Crippen LogP contribution in [0, 0.1) is 0 Å². The van der Waals surface area contributed by atoms with Gasteiger partial charge in [0.25, 0.3) is 0 Å². The van der Waals surface area contributed by atoms with Gasteiger partial charge >= 0.3 is 12.0 Å². The molecule has 3 N–H and O–H groups in total. The summed E-state index contributed by atoms with van der Waals surface area (Å²) in [6.45, 7) is 0.166. The van der Waals surface area contributed by atoms with Crippen LogP contribution in [0.15, 0.2) is 37.9 Å². The topological polar surface area (TPSA) is 104 Å². The molecule has 0 aliphatic carbocycles. The first-order valence-corrected chi connectivity index (χ1v) is 7.22. The molecule has 2 amide bonds. The maximum atomic E-state index is 11.8. The fourth-order valence-corrected chi connectivity index (χ4v) is 2.85. The number of benzene rings is 1. The summed E-state index contributed by atoms with van der Waals surface area (Å²) in [4.78, 5) is 23.0. The van der Waals surface area contributed by atoms with E-state index in [9.17, 15) is 14.7 Å². The molecule has 0 aliphatic heterocycles. The lowest BCUT2D eigenvalue weighted by molar-refractivity contribution is 0.0698. The molecule has 0 atom stereocenters. The van der Waals surface area contributed by atoms with Gasteiger partial charge in [-0.1, -0.05) is 21.1 Å². The Balaban J connectivity index is 2.11. The Hall–Kier alpha value is -1.87. The number of aromatic carboxylic acids is 1. The van der Waals surface area contributed by atoms with E-state index in [0.717, 1.165) is 0 Å². The van der Waals surface area contributed by atoms with Crippen LogP contribution in [0.5, 0.6) is 0 Å². The number of nitrogens with one attached hydrogen (secondary N) is 2. The van der Waals surface area contributed by atoms with E-state index < -0.39 is 12.0 Å². The molecule has 0 spiro atoms. The van der Waals surface area contributed by atoms with Crippen LogP contribution < -0.4 is 10.6 Å². The number of rotatable bonds is 4. The van der Waals surface area contributed by atoms with Crippen molar-refractivity contribution in [3.63, 3.8) is 0 Å². The Kier molecular flexibility index (Phi) is 4.97. The maximum absolute atomic E-state index is 11.8. The SMILES string of the molecule is O=C(NCc1ccon1)Nc1c(Br)cc(Br)cc1C(=O)O. The third kappa shape index (κ3) is 4.05. The summed E-state index contributed by atoms with van der Waals surface area (Å²) >= 11 is 6.42. The van der Waals surface area contributed by atoms with Gasteiger partial charge in [-0.25, -0.2) is 9.59 Å². The van der Waals surface area contributed by atoms with Crippen LogP contribution >= 0.6 is 31.9 Å². The number of amides is 2. The lowest BCUT2D eigenvalue weighted by Gasteiger charge is -2.12. The predicted molar refractivity (Wildman–Crippen MR) is 81.2 cm³/mol. The molecular weight excluding hydrogens is 410 g/mol. The third-order valence-electron chi connectivity index (χ3n) is 2.45. The lowest BCUT2D eigenvalue weighted by Crippen LogP contribution is -2.29. The van der Waals surface area contributed by atoms with Gasteiger partial charge in [-0.15, -0.1) is 0 Å². The molecule has 0 unspecified atom stereocenters. The first kappa shape index (κ1) is 15.5. The van der Waals surface area contributed by atoms with Crippen LogP contribution in [-0.4, -0.2) is 22.3 Å². The number of carboxylic acid groups (broad SMARTS) is 1. The largest absolute Gasteiger partial charge is 0.478 e. The number of halogens is 2. The van der Waals surface area contributed by atoms with Crippen molar-refractivity contribution in [2.75, 3.05) is 5.32 Å². The smallest absolute Gasteiger partial charge is 0.337 e. The molecule has 2 aromatic rings. The number of aromatic nitrogens is 1. The Bertz CT molecular complexity index is 673. The Morgan fingerprint density at radius 1 is 1.33 bits per heavy atom. The Morgan fingerprint density at radius 2 is 2.10 bits per heavy atom. The normalized spacial score (nSPS) is 10.2. The van der Waals surface area contributed by atoms with Crippen molar-refractivity contribution >= 4 is 49.5 Å². The maximum Gasteiger partial charge on any atom is 0.337 e. The van der Waals surface area contributed by atoms with Crippen molar-refractivity contribution < 1.29 is 19.2 Å². The fourth-order valence-electron chi connectivity index (χ4n) is 1.53. The monoisotopic (exact) mass is 417 g/mol. The standard InChI is InChI=1S/C12H9Br2N3O4/c13-6-3-8(11(18)19)10(9(14)4-6)16-12(20)15-5-7-1-2-21-17-7/h1-4H,5H2,(H,18,19)(H2,15,16,20). The number of hydrogen-bond donors (Lipinski definition) is 3. The summed E-state index contributed by atoms with van der Waals surface area (Å²) in [6.07, 6.45) is 1.39. The van der Waals surface area contributed by atoms with Gasteiger partial charge in [0.05, 0.1) is 17.8 Å². The number of carbonyl (C=O) groups is 2. The summed E-state index contributed by atoms with van der Waals surface area (Å²) in [5.41, 5.74) is 0.690. The average molecular weight is 419 g/mol. The van der Waals surface area contributed by atoms with Crippen LogP contribution in [-0.2, 0) is 6.54 Å². The van der Waals surface area contributed by atoms with Gasteiger partial charge in [0, 0.05) is 15.0 Å². The Morgan fingerprint density at radius 3 is 2.71 bits per heavy atom. The number of hydrogen-bond acceptors (Lipinski definition) is 4. The molecule has 1 aromatic carbocycles. The second kappa shape index (κ2) is 6.72. The molecule has 0 saturated heterocycles. The van der Waals surface area contributed by atoms with Crippen LogP contribution in [0.1, 0.15) is 16.1 Å². The lowest BCUT2D eigenvalue weighted by atomic mass is 10.2. The highest BCUT2D eigenvalue weighted by Gasteiger charge is 2.16. The predicted octanol–water partition coefficient (Wildman–Crippen LogP) is 3.22. The number of carboxylic acids is 1. The molecule has 0 aliphatic rings. The molecule has 7 nitrogen and oxygen atoms in total. The summed E-state index contributed by atoms with van der Waals surface area (Å²) in [5, 5.41) is 17.9. The molecular formula is C12H9Br2N3O4. The zero-order chi connectivity index (χ0) is 15.4. The second-order valence-corrected chi connectivity index (χ2v) is 5.68. The highest BCUT2D eigenvalue weighted by molar-refractivity contribution is 9.11. The molecule has 21 heavy (non-hydrogen) atoms. The van der Waals surface area contributed by atoms with Crippen molar-refractivity contribution in [1.82, 2.24) is 10.5 Å². The van der Waals surface area contributed by atoms with Crippen molar-refractivity contribution in [3.8, 4) is 0 Å². The van der Waals surface area contributed by atoms with E-state index >= 15 is 0 Å². The number of urea groups is 1. The van der Waals surface area contributed by atoms with Crippen LogP contribution in [0.25, 0.3) is 0 Å². The van der Waals surface area contributed by atoms with Crippen molar-refractivity contribution in [2.45, 2.75) is 6.54 Å². The summed E-state index contributed by atoms with van der Waals surface area (Å²) < 4.78 is 5.67. The first-order valence-electron chi connectivity index (χ1n) is 5.64. The molecule has 2 rings (SSSR count). The summed E-state index contributed by atoms with van der Waals surface area (Å²) in [6, 6.07) is 4.10. The zero-order valence-electron chi connectivity index (χ0n) is 10.4. The molecule has 110 valence electrons. The van der Waals surface area contributed by atoms with E-state index in [2.05, 4.69) is 52.2 Å². The summed E-state index contributed by atoms with van der Waals surface area (Å²) in [5.74, 6) is -1.15. The number of anilines is 1. The van der Waals surface area contributed by atoms with E-state index in [-0.39, 0.29) is 17.8 Å². The van der Waals surface area contributed by atoms with Gasteiger partial charge in [0.1, 0.15) is 12.0 Å². The van der Waals surface area contributed by atoms with E-state index in [1.807, 2.05) is 0 Å². The quantitative estimate of drug-likeness (QED) is 0.706. The molecule has 0 fully saturated rings. The molecule has 1 aromatic heterocycles. The second-order valence-electron chi connectivity index (χ2n) is 3.91. The van der Waals surface area contributed by atoms with E-state index in [4.69, 9.17) is 0 Å². The highest BCUT2D eigenvalue weighted by atomic mass is 79.9. The fraction of sp³-hybridized carbons (Fsp3) is 0.0833. The van der Waals surface area contributed by atoms with E-state index in [0.29, 0.717) is 14.6 Å². The van der Waals surface area contributed by atoms with Crippen LogP contribution in [0.4, 0.5) is 10.5 Å². The van der Waals surface area contributed by atoms with Gasteiger partial charge in [0.15, 0.2) is 0 Å². The van der Waals surface area contributed by atoms with Crippen molar-refractivity contribution in [2.24, 2.45) is 0 Å². The first-order chi connectivity index (χ1) is 9.97. The van der Waals surface area contributed by atoms with Gasteiger partial charge in [-0.2, -0.15) is 0 Å². The van der Waals surface area contributed by atoms with Crippen molar-refractivity contribution in [1.29, 1.82) is 0 Å².